The molecule has 108 valence electrons. The molecular formula is C16H13ClFNOS. The zero-order valence-corrected chi connectivity index (χ0v) is 12.7. The predicted octanol–water partition coefficient (Wildman–Crippen LogP) is 4.45. The number of benzene rings is 2. The molecule has 2 aromatic carbocycles. The van der Waals surface area contributed by atoms with Crippen molar-refractivity contribution in [2.75, 3.05) is 5.75 Å². The van der Waals surface area contributed by atoms with E-state index in [-0.39, 0.29) is 17.8 Å². The van der Waals surface area contributed by atoms with Gasteiger partial charge in [-0.25, -0.2) is 4.39 Å². The maximum Gasteiger partial charge on any atom is 0.251 e. The van der Waals surface area contributed by atoms with E-state index < -0.39 is 0 Å². The van der Waals surface area contributed by atoms with Crippen LogP contribution in [-0.2, 0) is 0 Å². The van der Waals surface area contributed by atoms with E-state index in [1.807, 2.05) is 6.07 Å². The third-order valence-corrected chi connectivity index (χ3v) is 4.85. The Morgan fingerprint density at radius 1 is 1.24 bits per heavy atom. The van der Waals surface area contributed by atoms with Crippen LogP contribution in [0.2, 0.25) is 5.02 Å². The molecule has 1 atom stereocenters. The zero-order valence-electron chi connectivity index (χ0n) is 11.1. The second-order valence-electron chi connectivity index (χ2n) is 4.83. The van der Waals surface area contributed by atoms with Crippen LogP contribution < -0.4 is 5.32 Å². The molecule has 0 spiro atoms. The Bertz CT molecular complexity index is 674. The van der Waals surface area contributed by atoms with Gasteiger partial charge in [-0.1, -0.05) is 23.7 Å². The summed E-state index contributed by atoms with van der Waals surface area (Å²) in [6.45, 7) is 0. The number of fused-ring (bicyclic) bond motifs is 1. The minimum Gasteiger partial charge on any atom is -0.345 e. The Balaban J connectivity index is 1.82. The molecule has 0 fully saturated rings. The highest BCUT2D eigenvalue weighted by molar-refractivity contribution is 7.99. The fraction of sp³-hybridized carbons (Fsp3) is 0.188. The van der Waals surface area contributed by atoms with Gasteiger partial charge in [0.2, 0.25) is 0 Å². The maximum atomic E-state index is 13.8. The van der Waals surface area contributed by atoms with E-state index in [9.17, 15) is 9.18 Å². The molecule has 0 aliphatic carbocycles. The van der Waals surface area contributed by atoms with Crippen LogP contribution in [0, 0.1) is 5.82 Å². The molecular weight excluding hydrogens is 309 g/mol. The lowest BCUT2D eigenvalue weighted by Crippen LogP contribution is -2.30. The van der Waals surface area contributed by atoms with E-state index in [2.05, 4.69) is 5.32 Å². The average molecular weight is 322 g/mol. The fourth-order valence-electron chi connectivity index (χ4n) is 2.38. The second kappa shape index (κ2) is 6.08. The van der Waals surface area contributed by atoms with Gasteiger partial charge in [-0.05, 0) is 42.3 Å². The topological polar surface area (TPSA) is 29.1 Å². The molecule has 0 bridgehead atoms. The maximum absolute atomic E-state index is 13.8. The zero-order chi connectivity index (χ0) is 14.8. The highest BCUT2D eigenvalue weighted by atomic mass is 35.5. The Hall–Kier alpha value is -1.52. The summed E-state index contributed by atoms with van der Waals surface area (Å²) in [4.78, 5) is 12.9. The van der Waals surface area contributed by atoms with Gasteiger partial charge < -0.3 is 5.32 Å². The molecule has 5 heteroatoms. The number of carbonyl (C=O) groups excluding carboxylic acids is 1. The number of hydrogen-bond donors (Lipinski definition) is 1. The average Bonchev–Trinajstić information content (AvgIpc) is 2.49. The van der Waals surface area contributed by atoms with Crippen molar-refractivity contribution in [1.29, 1.82) is 0 Å². The number of carbonyl (C=O) groups is 1. The van der Waals surface area contributed by atoms with Gasteiger partial charge in [0.25, 0.3) is 5.91 Å². The van der Waals surface area contributed by atoms with Crippen molar-refractivity contribution in [1.82, 2.24) is 5.32 Å². The summed E-state index contributed by atoms with van der Waals surface area (Å²) in [5.74, 6) is 0.404. The lowest BCUT2D eigenvalue weighted by Gasteiger charge is -2.26. The molecule has 1 heterocycles. The molecule has 0 saturated heterocycles. The Morgan fingerprint density at radius 3 is 2.76 bits per heavy atom. The van der Waals surface area contributed by atoms with Crippen LogP contribution in [0.1, 0.15) is 28.4 Å². The first-order chi connectivity index (χ1) is 10.1. The van der Waals surface area contributed by atoms with Crippen LogP contribution in [0.15, 0.2) is 47.4 Å². The highest BCUT2D eigenvalue weighted by Gasteiger charge is 2.24. The van der Waals surface area contributed by atoms with E-state index >= 15 is 0 Å². The molecule has 1 N–H and O–H groups in total. The SMILES string of the molecule is O=C(N[C@H]1CCSc2c(F)cccc21)c1ccc(Cl)cc1. The molecule has 2 nitrogen and oxygen atoms in total. The summed E-state index contributed by atoms with van der Waals surface area (Å²) in [7, 11) is 0. The highest BCUT2D eigenvalue weighted by Crippen LogP contribution is 2.37. The van der Waals surface area contributed by atoms with Crippen LogP contribution >= 0.6 is 23.4 Å². The standard InChI is InChI=1S/C16H13ClFNOS/c17-11-6-4-10(5-7-11)16(20)19-14-8-9-21-15-12(14)2-1-3-13(15)18/h1-7,14H,8-9H2,(H,19,20)/t14-/m0/s1. The second-order valence-corrected chi connectivity index (χ2v) is 6.37. The summed E-state index contributed by atoms with van der Waals surface area (Å²) in [6.07, 6.45) is 0.792. The minimum absolute atomic E-state index is 0.153. The number of thioether (sulfide) groups is 1. The molecule has 1 aliphatic heterocycles. The lowest BCUT2D eigenvalue weighted by atomic mass is 10.0. The largest absolute Gasteiger partial charge is 0.345 e. The van der Waals surface area contributed by atoms with Crippen molar-refractivity contribution < 1.29 is 9.18 Å². The summed E-state index contributed by atoms with van der Waals surface area (Å²) in [6, 6.07) is 11.6. The van der Waals surface area contributed by atoms with Crippen molar-refractivity contribution in [2.24, 2.45) is 0 Å². The van der Waals surface area contributed by atoms with Crippen molar-refractivity contribution in [3.63, 3.8) is 0 Å². The van der Waals surface area contributed by atoms with E-state index in [4.69, 9.17) is 11.6 Å². The summed E-state index contributed by atoms with van der Waals surface area (Å²) < 4.78 is 13.8. The van der Waals surface area contributed by atoms with Gasteiger partial charge in [-0.2, -0.15) is 0 Å². The van der Waals surface area contributed by atoms with Gasteiger partial charge in [0.15, 0.2) is 0 Å². The van der Waals surface area contributed by atoms with Crippen molar-refractivity contribution in [2.45, 2.75) is 17.4 Å². The number of nitrogens with one attached hydrogen (secondary N) is 1. The van der Waals surface area contributed by atoms with E-state index in [0.29, 0.717) is 15.5 Å². The quantitative estimate of drug-likeness (QED) is 0.885. The number of hydrogen-bond acceptors (Lipinski definition) is 2. The van der Waals surface area contributed by atoms with Gasteiger partial charge in [0.05, 0.1) is 6.04 Å². The summed E-state index contributed by atoms with van der Waals surface area (Å²) >= 11 is 7.32. The number of rotatable bonds is 2. The fourth-order valence-corrected chi connectivity index (χ4v) is 3.65. The Labute approximate surface area is 131 Å². The van der Waals surface area contributed by atoms with Crippen molar-refractivity contribution >= 4 is 29.3 Å². The first-order valence-corrected chi connectivity index (χ1v) is 7.99. The third kappa shape index (κ3) is 3.06. The lowest BCUT2D eigenvalue weighted by molar-refractivity contribution is 0.0935. The van der Waals surface area contributed by atoms with Crippen LogP contribution in [0.4, 0.5) is 4.39 Å². The molecule has 0 aromatic heterocycles. The molecule has 0 radical (unpaired) electrons. The number of halogens is 2. The van der Waals surface area contributed by atoms with Crippen LogP contribution in [0.5, 0.6) is 0 Å². The molecule has 21 heavy (non-hydrogen) atoms. The first kappa shape index (κ1) is 14.4. The molecule has 0 unspecified atom stereocenters. The van der Waals surface area contributed by atoms with Gasteiger partial charge in [0.1, 0.15) is 5.82 Å². The molecule has 3 rings (SSSR count). The third-order valence-electron chi connectivity index (χ3n) is 3.44. The van der Waals surface area contributed by atoms with Gasteiger partial charge in [-0.15, -0.1) is 11.8 Å². The van der Waals surface area contributed by atoms with Crippen LogP contribution in [0.25, 0.3) is 0 Å². The summed E-state index contributed by atoms with van der Waals surface area (Å²) in [5.41, 5.74) is 1.41. The van der Waals surface area contributed by atoms with Crippen LogP contribution in [0.3, 0.4) is 0 Å². The number of amides is 1. The monoisotopic (exact) mass is 321 g/mol. The molecule has 0 saturated carbocycles. The Morgan fingerprint density at radius 2 is 2.00 bits per heavy atom. The Kier molecular flexibility index (Phi) is 4.17. The van der Waals surface area contributed by atoms with E-state index in [1.54, 1.807) is 30.3 Å². The summed E-state index contributed by atoms with van der Waals surface area (Å²) in [5, 5.41) is 3.57. The van der Waals surface area contributed by atoms with Crippen molar-refractivity contribution in [3.05, 3.63) is 64.4 Å². The van der Waals surface area contributed by atoms with Gasteiger partial charge in [-0.3, -0.25) is 4.79 Å². The molecule has 2 aromatic rings. The van der Waals surface area contributed by atoms with E-state index in [0.717, 1.165) is 17.7 Å². The van der Waals surface area contributed by atoms with Crippen LogP contribution in [-0.4, -0.2) is 11.7 Å². The van der Waals surface area contributed by atoms with Gasteiger partial charge >= 0.3 is 0 Å². The predicted molar refractivity (Wildman–Crippen MR) is 83.4 cm³/mol. The first-order valence-electron chi connectivity index (χ1n) is 6.63. The van der Waals surface area contributed by atoms with E-state index in [1.165, 1.54) is 17.8 Å². The molecule has 1 aliphatic rings. The van der Waals surface area contributed by atoms with Gasteiger partial charge in [0, 0.05) is 21.2 Å². The minimum atomic E-state index is -0.219. The van der Waals surface area contributed by atoms with Crippen molar-refractivity contribution in [3.8, 4) is 0 Å². The smallest absolute Gasteiger partial charge is 0.251 e. The molecule has 1 amide bonds. The normalized spacial score (nSPS) is 17.1.